The topological polar surface area (TPSA) is 29.9 Å². The first-order valence-electron chi connectivity index (χ1n) is 8.19. The molecular weight excluding hydrogens is 298 g/mol. The summed E-state index contributed by atoms with van der Waals surface area (Å²) in [5.74, 6) is 1.23. The highest BCUT2D eigenvalue weighted by Gasteiger charge is 2.33. The van der Waals surface area contributed by atoms with E-state index in [1.807, 2.05) is 6.20 Å². The van der Waals surface area contributed by atoms with Crippen LogP contribution in [0.2, 0.25) is 0 Å². The maximum absolute atomic E-state index is 4.52. The van der Waals surface area contributed by atoms with Crippen LogP contribution >= 0.6 is 23.5 Å². The third-order valence-corrected chi connectivity index (χ3v) is 7.56. The van der Waals surface area contributed by atoms with Gasteiger partial charge in [-0.1, -0.05) is 27.7 Å². The second-order valence-corrected chi connectivity index (χ2v) is 8.86. The van der Waals surface area contributed by atoms with Gasteiger partial charge in [0.25, 0.3) is 0 Å². The molecule has 1 fully saturated rings. The molecule has 1 N–H and O–H groups in total. The molecule has 0 amide bonds. The first kappa shape index (κ1) is 17.2. The molecule has 2 heterocycles. The standard InChI is InChI=1S/C16H29N3S2/c1-5-8-17-16(14-7-9-18-19(14)10-6-2)15-11-20-12(3)13(4)21-15/h7,9,12-13,15-17H,5-6,8,10-11H2,1-4H3. The predicted molar refractivity (Wildman–Crippen MR) is 96.3 cm³/mol. The van der Waals surface area contributed by atoms with Crippen molar-refractivity contribution in [3.05, 3.63) is 18.0 Å². The molecule has 1 aliphatic rings. The summed E-state index contributed by atoms with van der Waals surface area (Å²) in [6.45, 7) is 11.3. The van der Waals surface area contributed by atoms with Crippen LogP contribution < -0.4 is 5.32 Å². The number of aromatic nitrogens is 2. The Kier molecular flexibility index (Phi) is 6.96. The van der Waals surface area contributed by atoms with Crippen LogP contribution in [0.5, 0.6) is 0 Å². The van der Waals surface area contributed by atoms with Gasteiger partial charge in [-0.2, -0.15) is 28.6 Å². The van der Waals surface area contributed by atoms with Crippen molar-refractivity contribution in [2.24, 2.45) is 0 Å². The lowest BCUT2D eigenvalue weighted by Gasteiger charge is -2.36. The summed E-state index contributed by atoms with van der Waals surface area (Å²) in [5, 5.41) is 10.4. The number of hydrogen-bond donors (Lipinski definition) is 1. The van der Waals surface area contributed by atoms with Gasteiger partial charge in [0, 0.05) is 34.2 Å². The summed E-state index contributed by atoms with van der Waals surface area (Å²) in [4.78, 5) is 0. The van der Waals surface area contributed by atoms with E-state index in [0.717, 1.165) is 30.0 Å². The molecule has 0 aromatic carbocycles. The predicted octanol–water partition coefficient (Wildman–Crippen LogP) is 3.96. The molecule has 1 aromatic rings. The normalized spacial score (nSPS) is 27.7. The Labute approximate surface area is 138 Å². The second-order valence-electron chi connectivity index (χ2n) is 5.83. The maximum atomic E-state index is 4.52. The van der Waals surface area contributed by atoms with Gasteiger partial charge in [-0.25, -0.2) is 0 Å². The van der Waals surface area contributed by atoms with E-state index in [0.29, 0.717) is 11.3 Å². The Hall–Kier alpha value is -0.130. The zero-order chi connectivity index (χ0) is 15.2. The van der Waals surface area contributed by atoms with Crippen molar-refractivity contribution < 1.29 is 0 Å². The van der Waals surface area contributed by atoms with E-state index in [2.05, 4.69) is 72.4 Å². The maximum Gasteiger partial charge on any atom is 0.0620 e. The van der Waals surface area contributed by atoms with Crippen molar-refractivity contribution >= 4 is 23.5 Å². The Morgan fingerprint density at radius 3 is 2.81 bits per heavy atom. The summed E-state index contributed by atoms with van der Waals surface area (Å²) in [6, 6.07) is 2.63. The molecule has 0 radical (unpaired) electrons. The Morgan fingerprint density at radius 1 is 1.33 bits per heavy atom. The molecule has 5 heteroatoms. The number of rotatable bonds is 7. The highest BCUT2D eigenvalue weighted by Crippen LogP contribution is 2.41. The number of thioether (sulfide) groups is 2. The molecule has 21 heavy (non-hydrogen) atoms. The fraction of sp³-hybridized carbons (Fsp3) is 0.812. The van der Waals surface area contributed by atoms with Crippen molar-refractivity contribution in [3.63, 3.8) is 0 Å². The molecule has 0 bridgehead atoms. The van der Waals surface area contributed by atoms with Gasteiger partial charge in [0.2, 0.25) is 0 Å². The third kappa shape index (κ3) is 4.42. The zero-order valence-electron chi connectivity index (χ0n) is 13.7. The minimum atomic E-state index is 0.423. The highest BCUT2D eigenvalue weighted by atomic mass is 32.2. The molecule has 120 valence electrons. The van der Waals surface area contributed by atoms with Gasteiger partial charge in [0.1, 0.15) is 0 Å². The molecule has 0 aliphatic carbocycles. The lowest BCUT2D eigenvalue weighted by Crippen LogP contribution is -2.38. The molecule has 4 unspecified atom stereocenters. The Bertz CT molecular complexity index is 421. The quantitative estimate of drug-likeness (QED) is 0.821. The fourth-order valence-corrected chi connectivity index (χ4v) is 5.81. The average Bonchev–Trinajstić information content (AvgIpc) is 2.92. The third-order valence-electron chi connectivity index (χ3n) is 4.06. The van der Waals surface area contributed by atoms with Crippen LogP contribution in [-0.2, 0) is 6.54 Å². The van der Waals surface area contributed by atoms with Gasteiger partial charge < -0.3 is 5.32 Å². The molecule has 1 aliphatic heterocycles. The largest absolute Gasteiger partial charge is 0.308 e. The summed E-state index contributed by atoms with van der Waals surface area (Å²) < 4.78 is 2.20. The Morgan fingerprint density at radius 2 is 2.14 bits per heavy atom. The minimum absolute atomic E-state index is 0.423. The molecular formula is C16H29N3S2. The summed E-state index contributed by atoms with van der Waals surface area (Å²) in [6.07, 6.45) is 4.27. The van der Waals surface area contributed by atoms with E-state index in [1.165, 1.54) is 17.9 Å². The molecule has 0 spiro atoms. The molecule has 1 aromatic heterocycles. The van der Waals surface area contributed by atoms with E-state index in [4.69, 9.17) is 0 Å². The van der Waals surface area contributed by atoms with Gasteiger partial charge in [-0.3, -0.25) is 4.68 Å². The van der Waals surface area contributed by atoms with Gasteiger partial charge in [-0.15, -0.1) is 0 Å². The van der Waals surface area contributed by atoms with E-state index in [-0.39, 0.29) is 0 Å². The summed E-state index contributed by atoms with van der Waals surface area (Å²) in [7, 11) is 0. The molecule has 1 saturated heterocycles. The van der Waals surface area contributed by atoms with Crippen molar-refractivity contribution in [1.29, 1.82) is 0 Å². The lowest BCUT2D eigenvalue weighted by atomic mass is 10.1. The number of aryl methyl sites for hydroxylation is 1. The fourth-order valence-electron chi connectivity index (χ4n) is 2.71. The van der Waals surface area contributed by atoms with Crippen molar-refractivity contribution in [2.45, 2.75) is 68.9 Å². The molecule has 0 saturated carbocycles. The van der Waals surface area contributed by atoms with Crippen LogP contribution in [0.3, 0.4) is 0 Å². The van der Waals surface area contributed by atoms with Crippen molar-refractivity contribution in [1.82, 2.24) is 15.1 Å². The molecule has 2 rings (SSSR count). The zero-order valence-corrected chi connectivity index (χ0v) is 15.3. The van der Waals surface area contributed by atoms with E-state index < -0.39 is 0 Å². The van der Waals surface area contributed by atoms with Crippen molar-refractivity contribution in [3.8, 4) is 0 Å². The highest BCUT2D eigenvalue weighted by molar-refractivity contribution is 8.07. The van der Waals surface area contributed by atoms with Crippen LogP contribution in [-0.4, -0.2) is 37.8 Å². The SMILES string of the molecule is CCCNC(c1ccnn1CCC)C1CSC(C)C(C)S1. The van der Waals surface area contributed by atoms with Crippen LogP contribution in [0.4, 0.5) is 0 Å². The Balaban J connectivity index is 2.15. The van der Waals surface area contributed by atoms with E-state index >= 15 is 0 Å². The number of hydrogen-bond acceptors (Lipinski definition) is 4. The van der Waals surface area contributed by atoms with Crippen LogP contribution in [0.25, 0.3) is 0 Å². The van der Waals surface area contributed by atoms with Crippen LogP contribution in [0.1, 0.15) is 52.3 Å². The van der Waals surface area contributed by atoms with Gasteiger partial charge in [0.15, 0.2) is 0 Å². The van der Waals surface area contributed by atoms with Crippen LogP contribution in [0, 0.1) is 0 Å². The number of nitrogens with zero attached hydrogens (tertiary/aromatic N) is 2. The smallest absolute Gasteiger partial charge is 0.0620 e. The minimum Gasteiger partial charge on any atom is -0.308 e. The lowest BCUT2D eigenvalue weighted by molar-refractivity contribution is 0.468. The van der Waals surface area contributed by atoms with Gasteiger partial charge >= 0.3 is 0 Å². The number of nitrogens with one attached hydrogen (secondary N) is 1. The van der Waals surface area contributed by atoms with E-state index in [9.17, 15) is 0 Å². The van der Waals surface area contributed by atoms with Crippen LogP contribution in [0.15, 0.2) is 12.3 Å². The first-order valence-corrected chi connectivity index (χ1v) is 10.2. The van der Waals surface area contributed by atoms with E-state index in [1.54, 1.807) is 0 Å². The molecule has 4 atom stereocenters. The van der Waals surface area contributed by atoms with Gasteiger partial charge in [-0.05, 0) is 25.5 Å². The average molecular weight is 328 g/mol. The first-order chi connectivity index (χ1) is 10.2. The molecule has 3 nitrogen and oxygen atoms in total. The second kappa shape index (κ2) is 8.49. The summed E-state index contributed by atoms with van der Waals surface area (Å²) >= 11 is 4.28. The monoisotopic (exact) mass is 327 g/mol. The van der Waals surface area contributed by atoms with Crippen molar-refractivity contribution in [2.75, 3.05) is 12.3 Å². The van der Waals surface area contributed by atoms with Gasteiger partial charge in [0.05, 0.1) is 11.7 Å². The summed E-state index contributed by atoms with van der Waals surface area (Å²) in [5.41, 5.74) is 1.37.